The Kier molecular flexibility index (Phi) is 4.72. The monoisotopic (exact) mass is 352 g/mol. The van der Waals surface area contributed by atoms with E-state index in [1.165, 1.54) is 5.01 Å². The predicted octanol–water partition coefficient (Wildman–Crippen LogP) is 3.09. The van der Waals surface area contributed by atoms with Gasteiger partial charge in [0, 0.05) is 30.4 Å². The summed E-state index contributed by atoms with van der Waals surface area (Å²) in [6.45, 7) is 2.62. The molecular weight excluding hydrogens is 332 g/mol. The van der Waals surface area contributed by atoms with Crippen LogP contribution in [0.5, 0.6) is 0 Å². The normalized spacial score (nSPS) is 15.4. The first-order chi connectivity index (χ1) is 12.3. The van der Waals surface area contributed by atoms with Gasteiger partial charge in [0.25, 0.3) is 5.91 Å². The maximum Gasteiger partial charge on any atom is 0.251 e. The van der Waals surface area contributed by atoms with Gasteiger partial charge in [0.2, 0.25) is 0 Å². The lowest BCUT2D eigenvalue weighted by molar-refractivity contribution is 0.0951. The summed E-state index contributed by atoms with van der Waals surface area (Å²) in [4.78, 5) is 21.2. The molecule has 0 atom stereocenters. The zero-order valence-electron chi connectivity index (χ0n) is 13.9. The summed E-state index contributed by atoms with van der Waals surface area (Å²) in [7, 11) is 0. The number of nitrogens with one attached hydrogen (secondary N) is 2. The molecule has 4 rings (SSSR count). The Morgan fingerprint density at radius 2 is 2.00 bits per heavy atom. The minimum absolute atomic E-state index is 0.0597. The molecule has 1 aromatic carbocycles. The molecule has 1 saturated heterocycles. The highest BCUT2D eigenvalue weighted by molar-refractivity contribution is 7.18. The summed E-state index contributed by atoms with van der Waals surface area (Å²) >= 11 is 1.72. The molecule has 1 aliphatic heterocycles. The molecular formula is C19H20N4OS. The number of carbonyl (C=O) groups is 1. The molecule has 1 fully saturated rings. The number of benzene rings is 1. The standard InChI is InChI=1S/C19H20N4OS/c24-18(22-12-13-3-7-20-8-4-13)15-1-2-16-17(11-15)25-19(23-16)14-5-9-21-10-6-14/h1-4,7-8,11,14,21H,5-6,9-10,12H2,(H,22,24). The van der Waals surface area contributed by atoms with Crippen molar-refractivity contribution in [2.75, 3.05) is 13.1 Å². The molecule has 1 aliphatic rings. The first-order valence-electron chi connectivity index (χ1n) is 8.58. The molecule has 6 heteroatoms. The van der Waals surface area contributed by atoms with Crippen LogP contribution in [0, 0.1) is 0 Å². The lowest BCUT2D eigenvalue weighted by atomic mass is 9.99. The van der Waals surface area contributed by atoms with Crippen LogP contribution < -0.4 is 10.6 Å². The third kappa shape index (κ3) is 3.70. The number of amides is 1. The van der Waals surface area contributed by atoms with Gasteiger partial charge < -0.3 is 10.6 Å². The zero-order chi connectivity index (χ0) is 17.1. The number of hydrogen-bond donors (Lipinski definition) is 2. The number of pyridine rings is 1. The Labute approximate surface area is 150 Å². The minimum atomic E-state index is -0.0597. The highest BCUT2D eigenvalue weighted by atomic mass is 32.1. The van der Waals surface area contributed by atoms with Gasteiger partial charge in [-0.25, -0.2) is 4.98 Å². The molecule has 128 valence electrons. The van der Waals surface area contributed by atoms with Crippen molar-refractivity contribution in [3.05, 3.63) is 58.9 Å². The molecule has 3 aromatic rings. The van der Waals surface area contributed by atoms with E-state index in [1.54, 1.807) is 23.7 Å². The van der Waals surface area contributed by atoms with Crippen molar-refractivity contribution in [1.29, 1.82) is 0 Å². The highest BCUT2D eigenvalue weighted by Crippen LogP contribution is 2.32. The summed E-state index contributed by atoms with van der Waals surface area (Å²) in [5.74, 6) is 0.484. The van der Waals surface area contributed by atoms with Crippen LogP contribution >= 0.6 is 11.3 Å². The lowest BCUT2D eigenvalue weighted by Crippen LogP contribution is -2.26. The number of thiazole rings is 1. The van der Waals surface area contributed by atoms with Crippen LogP contribution in [0.15, 0.2) is 42.7 Å². The topological polar surface area (TPSA) is 66.9 Å². The first-order valence-corrected chi connectivity index (χ1v) is 9.39. The molecule has 0 bridgehead atoms. The van der Waals surface area contributed by atoms with Crippen molar-refractivity contribution in [3.8, 4) is 0 Å². The SMILES string of the molecule is O=C(NCc1ccncc1)c1ccc2nc(C3CCNCC3)sc2c1. The van der Waals surface area contributed by atoms with Crippen LogP contribution in [0.4, 0.5) is 0 Å². The van der Waals surface area contributed by atoms with Gasteiger partial charge in [0.05, 0.1) is 15.2 Å². The average Bonchev–Trinajstić information content (AvgIpc) is 3.11. The molecule has 0 radical (unpaired) electrons. The van der Waals surface area contributed by atoms with Gasteiger partial charge in [-0.3, -0.25) is 9.78 Å². The number of aromatic nitrogens is 2. The third-order valence-corrected chi connectivity index (χ3v) is 5.74. The van der Waals surface area contributed by atoms with Crippen molar-refractivity contribution in [2.24, 2.45) is 0 Å². The Bertz CT molecular complexity index is 872. The van der Waals surface area contributed by atoms with Crippen LogP contribution in [-0.2, 0) is 6.54 Å². The molecule has 2 aromatic heterocycles. The van der Waals surface area contributed by atoms with Crippen molar-refractivity contribution in [3.63, 3.8) is 0 Å². The van der Waals surface area contributed by atoms with E-state index in [0.717, 1.165) is 41.7 Å². The van der Waals surface area contributed by atoms with Crippen LogP contribution in [0.1, 0.15) is 39.7 Å². The van der Waals surface area contributed by atoms with E-state index in [-0.39, 0.29) is 5.91 Å². The summed E-state index contributed by atoms with van der Waals surface area (Å²) < 4.78 is 1.09. The van der Waals surface area contributed by atoms with Crippen molar-refractivity contribution < 1.29 is 4.79 Å². The number of rotatable bonds is 4. The van der Waals surface area contributed by atoms with Crippen molar-refractivity contribution in [2.45, 2.75) is 25.3 Å². The highest BCUT2D eigenvalue weighted by Gasteiger charge is 2.19. The summed E-state index contributed by atoms with van der Waals surface area (Å²) in [5, 5.41) is 7.55. The zero-order valence-corrected chi connectivity index (χ0v) is 14.7. The largest absolute Gasteiger partial charge is 0.348 e. The number of piperidine rings is 1. The second-order valence-corrected chi connectivity index (χ2v) is 7.36. The van der Waals surface area contributed by atoms with E-state index in [2.05, 4.69) is 15.6 Å². The number of fused-ring (bicyclic) bond motifs is 1. The van der Waals surface area contributed by atoms with Gasteiger partial charge in [-0.15, -0.1) is 11.3 Å². The van der Waals surface area contributed by atoms with Crippen LogP contribution in [0.2, 0.25) is 0 Å². The quantitative estimate of drug-likeness (QED) is 0.757. The number of hydrogen-bond acceptors (Lipinski definition) is 5. The fraction of sp³-hybridized carbons (Fsp3) is 0.316. The first kappa shape index (κ1) is 16.2. The van der Waals surface area contributed by atoms with Gasteiger partial charge in [-0.1, -0.05) is 0 Å². The third-order valence-electron chi connectivity index (χ3n) is 4.56. The summed E-state index contributed by atoms with van der Waals surface area (Å²) in [6, 6.07) is 9.57. The molecule has 0 aliphatic carbocycles. The van der Waals surface area contributed by atoms with E-state index in [0.29, 0.717) is 18.0 Å². The molecule has 0 unspecified atom stereocenters. The fourth-order valence-electron chi connectivity index (χ4n) is 3.11. The van der Waals surface area contributed by atoms with Gasteiger partial charge in [0.15, 0.2) is 0 Å². The summed E-state index contributed by atoms with van der Waals surface area (Å²) in [5.41, 5.74) is 2.71. The van der Waals surface area contributed by atoms with Gasteiger partial charge >= 0.3 is 0 Å². The minimum Gasteiger partial charge on any atom is -0.348 e. The number of carbonyl (C=O) groups excluding carboxylic acids is 1. The van der Waals surface area contributed by atoms with E-state index in [4.69, 9.17) is 4.98 Å². The maximum absolute atomic E-state index is 12.4. The lowest BCUT2D eigenvalue weighted by Gasteiger charge is -2.20. The Morgan fingerprint density at radius 3 is 2.80 bits per heavy atom. The Morgan fingerprint density at radius 1 is 1.20 bits per heavy atom. The van der Waals surface area contributed by atoms with Crippen molar-refractivity contribution in [1.82, 2.24) is 20.6 Å². The van der Waals surface area contributed by atoms with Crippen molar-refractivity contribution >= 4 is 27.5 Å². The molecule has 0 spiro atoms. The van der Waals surface area contributed by atoms with Gasteiger partial charge in [-0.05, 0) is 61.8 Å². The number of nitrogens with zero attached hydrogens (tertiary/aromatic N) is 2. The molecule has 2 N–H and O–H groups in total. The van der Waals surface area contributed by atoms with Gasteiger partial charge in [-0.2, -0.15) is 0 Å². The molecule has 5 nitrogen and oxygen atoms in total. The van der Waals surface area contributed by atoms with E-state index < -0.39 is 0 Å². The Hall–Kier alpha value is -2.31. The molecule has 3 heterocycles. The molecule has 1 amide bonds. The second-order valence-electron chi connectivity index (χ2n) is 6.30. The molecule has 25 heavy (non-hydrogen) atoms. The molecule has 0 saturated carbocycles. The van der Waals surface area contributed by atoms with Crippen LogP contribution in [0.3, 0.4) is 0 Å². The van der Waals surface area contributed by atoms with Crippen LogP contribution in [-0.4, -0.2) is 29.0 Å². The second kappa shape index (κ2) is 7.29. The van der Waals surface area contributed by atoms with Gasteiger partial charge in [0.1, 0.15) is 0 Å². The smallest absolute Gasteiger partial charge is 0.251 e. The summed E-state index contributed by atoms with van der Waals surface area (Å²) in [6.07, 6.45) is 5.73. The fourth-order valence-corrected chi connectivity index (χ4v) is 4.29. The van der Waals surface area contributed by atoms with E-state index >= 15 is 0 Å². The van der Waals surface area contributed by atoms with E-state index in [9.17, 15) is 4.79 Å². The maximum atomic E-state index is 12.4. The van der Waals surface area contributed by atoms with Crippen LogP contribution in [0.25, 0.3) is 10.2 Å². The predicted molar refractivity (Wildman–Crippen MR) is 99.9 cm³/mol. The van der Waals surface area contributed by atoms with E-state index in [1.807, 2.05) is 30.3 Å². The Balaban J connectivity index is 1.49. The average molecular weight is 352 g/mol.